The fourth-order valence-electron chi connectivity index (χ4n) is 1.44. The molecular formula is C13H18N2O. The van der Waals surface area contributed by atoms with E-state index in [-0.39, 0.29) is 0 Å². The van der Waals surface area contributed by atoms with Crippen LogP contribution in [0.25, 0.3) is 0 Å². The number of nitrogens with zero attached hydrogens (tertiary/aromatic N) is 1. The Morgan fingerprint density at radius 3 is 3.00 bits per heavy atom. The molecule has 1 aliphatic carbocycles. The first-order chi connectivity index (χ1) is 7.88. The van der Waals surface area contributed by atoms with E-state index in [1.54, 1.807) is 6.08 Å². The molecule has 0 bridgehead atoms. The zero-order valence-electron chi connectivity index (χ0n) is 9.48. The summed E-state index contributed by atoms with van der Waals surface area (Å²) in [6, 6.07) is 4.87. The van der Waals surface area contributed by atoms with Crippen LogP contribution >= 0.6 is 0 Å². The first kappa shape index (κ1) is 11.3. The molecule has 0 aliphatic heterocycles. The van der Waals surface area contributed by atoms with Crippen LogP contribution in [0.5, 0.6) is 0 Å². The van der Waals surface area contributed by atoms with Crippen LogP contribution in [0, 0.1) is 0 Å². The van der Waals surface area contributed by atoms with E-state index in [0.717, 1.165) is 18.3 Å². The summed E-state index contributed by atoms with van der Waals surface area (Å²) in [5, 5.41) is 3.46. The van der Waals surface area contributed by atoms with Gasteiger partial charge in [0.25, 0.3) is 0 Å². The molecule has 0 radical (unpaired) electrons. The summed E-state index contributed by atoms with van der Waals surface area (Å²) in [6.45, 7) is 5.66. The van der Waals surface area contributed by atoms with Crippen molar-refractivity contribution in [2.75, 3.05) is 6.61 Å². The normalized spacial score (nSPS) is 15.0. The molecule has 0 atom stereocenters. The molecule has 86 valence electrons. The number of aromatic nitrogens is 1. The molecule has 0 aromatic carbocycles. The number of hydrogen-bond donors (Lipinski definition) is 1. The topological polar surface area (TPSA) is 34.1 Å². The van der Waals surface area contributed by atoms with Gasteiger partial charge in [0.1, 0.15) is 0 Å². The minimum atomic E-state index is 0.558. The van der Waals surface area contributed by atoms with Crippen molar-refractivity contribution in [3.63, 3.8) is 0 Å². The molecule has 16 heavy (non-hydrogen) atoms. The van der Waals surface area contributed by atoms with Gasteiger partial charge in [-0.15, -0.1) is 6.58 Å². The second kappa shape index (κ2) is 5.77. The average Bonchev–Trinajstić information content (AvgIpc) is 3.12. The molecule has 1 aromatic rings. The SMILES string of the molecule is C=CCOCc1ccc(CNC2CC2)cn1. The highest BCUT2D eigenvalue weighted by atomic mass is 16.5. The Morgan fingerprint density at radius 1 is 1.50 bits per heavy atom. The highest BCUT2D eigenvalue weighted by molar-refractivity contribution is 5.13. The van der Waals surface area contributed by atoms with Crippen LogP contribution in [-0.2, 0) is 17.9 Å². The van der Waals surface area contributed by atoms with Crippen molar-refractivity contribution in [1.82, 2.24) is 10.3 Å². The predicted octanol–water partition coefficient (Wildman–Crippen LogP) is 2.04. The lowest BCUT2D eigenvalue weighted by Gasteiger charge is -2.04. The third kappa shape index (κ3) is 3.76. The fourth-order valence-corrected chi connectivity index (χ4v) is 1.44. The van der Waals surface area contributed by atoms with E-state index in [1.165, 1.54) is 18.4 Å². The van der Waals surface area contributed by atoms with Crippen LogP contribution in [0.4, 0.5) is 0 Å². The van der Waals surface area contributed by atoms with Crippen LogP contribution < -0.4 is 5.32 Å². The Morgan fingerprint density at radius 2 is 2.38 bits per heavy atom. The van der Waals surface area contributed by atoms with Gasteiger partial charge in [0, 0.05) is 18.8 Å². The molecule has 0 unspecified atom stereocenters. The van der Waals surface area contributed by atoms with Crippen molar-refractivity contribution in [3.05, 3.63) is 42.2 Å². The van der Waals surface area contributed by atoms with Crippen molar-refractivity contribution >= 4 is 0 Å². The Labute approximate surface area is 96.5 Å². The number of pyridine rings is 1. The van der Waals surface area contributed by atoms with E-state index in [4.69, 9.17) is 4.74 Å². The maximum atomic E-state index is 5.32. The van der Waals surface area contributed by atoms with Crippen molar-refractivity contribution < 1.29 is 4.74 Å². The fraction of sp³-hybridized carbons (Fsp3) is 0.462. The standard InChI is InChI=1S/C13H18N2O/c1-2-7-16-10-13-4-3-11(9-15-13)8-14-12-5-6-12/h2-4,9,12,14H,1,5-8,10H2. The molecule has 1 aromatic heterocycles. The van der Waals surface area contributed by atoms with E-state index in [0.29, 0.717) is 13.2 Å². The first-order valence-corrected chi connectivity index (χ1v) is 5.74. The molecule has 3 heteroatoms. The second-order valence-electron chi connectivity index (χ2n) is 4.12. The van der Waals surface area contributed by atoms with E-state index in [2.05, 4.69) is 22.9 Å². The van der Waals surface area contributed by atoms with Gasteiger partial charge in [0.2, 0.25) is 0 Å². The second-order valence-corrected chi connectivity index (χ2v) is 4.12. The third-order valence-corrected chi connectivity index (χ3v) is 2.54. The minimum Gasteiger partial charge on any atom is -0.371 e. The molecule has 0 amide bonds. The molecule has 2 rings (SSSR count). The lowest BCUT2D eigenvalue weighted by atomic mass is 10.2. The Balaban J connectivity index is 1.76. The van der Waals surface area contributed by atoms with Gasteiger partial charge >= 0.3 is 0 Å². The maximum Gasteiger partial charge on any atom is 0.0892 e. The Bertz CT molecular complexity index is 330. The molecule has 0 spiro atoms. The van der Waals surface area contributed by atoms with Gasteiger partial charge in [0.15, 0.2) is 0 Å². The van der Waals surface area contributed by atoms with Crippen molar-refractivity contribution in [2.24, 2.45) is 0 Å². The van der Waals surface area contributed by atoms with Crippen LogP contribution in [0.2, 0.25) is 0 Å². The van der Waals surface area contributed by atoms with E-state index in [1.807, 2.05) is 12.3 Å². The maximum absolute atomic E-state index is 5.32. The summed E-state index contributed by atoms with van der Waals surface area (Å²) in [7, 11) is 0. The van der Waals surface area contributed by atoms with Crippen LogP contribution in [0.1, 0.15) is 24.1 Å². The molecule has 1 saturated carbocycles. The lowest BCUT2D eigenvalue weighted by Crippen LogP contribution is -2.15. The monoisotopic (exact) mass is 218 g/mol. The third-order valence-electron chi connectivity index (χ3n) is 2.54. The number of rotatable bonds is 7. The molecule has 0 saturated heterocycles. The van der Waals surface area contributed by atoms with Gasteiger partial charge in [-0.3, -0.25) is 4.98 Å². The number of ether oxygens (including phenoxy) is 1. The summed E-state index contributed by atoms with van der Waals surface area (Å²) in [5.41, 5.74) is 2.20. The van der Waals surface area contributed by atoms with Crippen molar-refractivity contribution in [1.29, 1.82) is 0 Å². The van der Waals surface area contributed by atoms with Gasteiger partial charge in [-0.05, 0) is 24.5 Å². The summed E-state index contributed by atoms with van der Waals surface area (Å²) in [5.74, 6) is 0. The smallest absolute Gasteiger partial charge is 0.0892 e. The average molecular weight is 218 g/mol. The minimum absolute atomic E-state index is 0.558. The number of nitrogens with one attached hydrogen (secondary N) is 1. The van der Waals surface area contributed by atoms with E-state index < -0.39 is 0 Å². The summed E-state index contributed by atoms with van der Waals surface area (Å²) in [4.78, 5) is 4.35. The molecule has 3 nitrogen and oxygen atoms in total. The molecule has 1 fully saturated rings. The van der Waals surface area contributed by atoms with Crippen LogP contribution in [0.3, 0.4) is 0 Å². The van der Waals surface area contributed by atoms with Gasteiger partial charge in [-0.25, -0.2) is 0 Å². The van der Waals surface area contributed by atoms with E-state index >= 15 is 0 Å². The van der Waals surface area contributed by atoms with Gasteiger partial charge in [0.05, 0.1) is 18.9 Å². The zero-order valence-corrected chi connectivity index (χ0v) is 9.48. The molecule has 1 aliphatic rings. The summed E-state index contributed by atoms with van der Waals surface area (Å²) in [6.07, 6.45) is 6.30. The van der Waals surface area contributed by atoms with Crippen molar-refractivity contribution in [2.45, 2.75) is 32.0 Å². The van der Waals surface area contributed by atoms with Crippen LogP contribution in [0.15, 0.2) is 31.0 Å². The molecule has 1 N–H and O–H groups in total. The highest BCUT2D eigenvalue weighted by Crippen LogP contribution is 2.19. The number of hydrogen-bond acceptors (Lipinski definition) is 3. The first-order valence-electron chi connectivity index (χ1n) is 5.74. The summed E-state index contributed by atoms with van der Waals surface area (Å²) >= 11 is 0. The van der Waals surface area contributed by atoms with Crippen LogP contribution in [-0.4, -0.2) is 17.6 Å². The zero-order chi connectivity index (χ0) is 11.2. The Hall–Kier alpha value is -1.19. The van der Waals surface area contributed by atoms with Gasteiger partial charge in [-0.1, -0.05) is 12.1 Å². The van der Waals surface area contributed by atoms with E-state index in [9.17, 15) is 0 Å². The van der Waals surface area contributed by atoms with Crippen molar-refractivity contribution in [3.8, 4) is 0 Å². The summed E-state index contributed by atoms with van der Waals surface area (Å²) < 4.78 is 5.32. The lowest BCUT2D eigenvalue weighted by molar-refractivity contribution is 0.146. The largest absolute Gasteiger partial charge is 0.371 e. The molecule has 1 heterocycles. The predicted molar refractivity (Wildman–Crippen MR) is 64.0 cm³/mol. The quantitative estimate of drug-likeness (QED) is 0.561. The highest BCUT2D eigenvalue weighted by Gasteiger charge is 2.19. The van der Waals surface area contributed by atoms with Gasteiger partial charge < -0.3 is 10.1 Å². The molecular weight excluding hydrogens is 200 g/mol. The van der Waals surface area contributed by atoms with Gasteiger partial charge in [-0.2, -0.15) is 0 Å². The Kier molecular flexibility index (Phi) is 4.08.